The number of hydrogen-bond acceptors (Lipinski definition) is 6. The maximum Gasteiger partial charge on any atom is 0.417 e. The topological polar surface area (TPSA) is 56.9 Å². The molecule has 0 bridgehead atoms. The van der Waals surface area contributed by atoms with Crippen LogP contribution in [0.3, 0.4) is 0 Å². The Morgan fingerprint density at radius 1 is 1.17 bits per heavy atom. The Labute approximate surface area is 185 Å². The Morgan fingerprint density at radius 2 is 1.87 bits per heavy atom. The van der Waals surface area contributed by atoms with Crippen molar-refractivity contribution in [3.63, 3.8) is 0 Å². The van der Waals surface area contributed by atoms with Crippen molar-refractivity contribution in [2.45, 2.75) is 29.1 Å². The van der Waals surface area contributed by atoms with E-state index in [9.17, 15) is 23.5 Å². The van der Waals surface area contributed by atoms with E-state index < -0.39 is 23.4 Å². The summed E-state index contributed by atoms with van der Waals surface area (Å²) in [6, 6.07) is 13.8. The third kappa shape index (κ3) is 5.79. The van der Waals surface area contributed by atoms with Gasteiger partial charge in [0, 0.05) is 16.4 Å². The Kier molecular flexibility index (Phi) is 7.47. The van der Waals surface area contributed by atoms with Crippen LogP contribution < -0.4 is 0 Å². The normalized spacial score (nSPS) is 12.5. The molecule has 156 valence electrons. The Hall–Kier alpha value is -1.99. The number of thiophene rings is 1. The van der Waals surface area contributed by atoms with Gasteiger partial charge in [-0.2, -0.15) is 18.4 Å². The second kappa shape index (κ2) is 9.88. The van der Waals surface area contributed by atoms with Gasteiger partial charge in [0.2, 0.25) is 0 Å². The molecule has 0 saturated heterocycles. The average Bonchev–Trinajstić information content (AvgIpc) is 3.25. The Morgan fingerprint density at radius 3 is 2.47 bits per heavy atom. The number of aromatic nitrogens is 1. The summed E-state index contributed by atoms with van der Waals surface area (Å²) in [5.41, 5.74) is -0.209. The lowest BCUT2D eigenvalue weighted by molar-refractivity contribution is -0.138. The number of halogens is 3. The minimum Gasteiger partial charge on any atom is -0.391 e. The van der Waals surface area contributed by atoms with Gasteiger partial charge < -0.3 is 5.11 Å². The molecule has 3 nitrogen and oxygen atoms in total. The predicted molar refractivity (Wildman–Crippen MR) is 116 cm³/mol. The molecule has 0 saturated carbocycles. The standard InChI is InChI=1S/C21H17F3N2OS3/c1-13-4-6-15(7-5-13)29-11-14(27)12-30-20-16(10-25)17(21(22,23)24)9-18(26-20)19-3-2-8-28-19/h2-9,14,27H,11-12H2,1H3. The van der Waals surface area contributed by atoms with Gasteiger partial charge >= 0.3 is 6.18 Å². The second-order valence-electron chi connectivity index (χ2n) is 6.41. The van der Waals surface area contributed by atoms with Crippen LogP contribution in [-0.2, 0) is 6.18 Å². The van der Waals surface area contributed by atoms with E-state index in [4.69, 9.17) is 0 Å². The highest BCUT2D eigenvalue weighted by atomic mass is 32.2. The Balaban J connectivity index is 1.77. The first-order valence-electron chi connectivity index (χ1n) is 8.84. The number of nitrogens with zero attached hydrogens (tertiary/aromatic N) is 2. The largest absolute Gasteiger partial charge is 0.417 e. The number of nitriles is 1. The molecule has 0 fully saturated rings. The summed E-state index contributed by atoms with van der Waals surface area (Å²) in [7, 11) is 0. The fraction of sp³-hybridized carbons (Fsp3) is 0.238. The van der Waals surface area contributed by atoms with Crippen LogP contribution in [0, 0.1) is 18.3 Å². The van der Waals surface area contributed by atoms with Crippen molar-refractivity contribution >= 4 is 34.9 Å². The van der Waals surface area contributed by atoms with Crippen molar-refractivity contribution in [3.05, 3.63) is 64.5 Å². The number of thioether (sulfide) groups is 2. The van der Waals surface area contributed by atoms with Crippen LogP contribution in [0.25, 0.3) is 10.6 Å². The molecule has 1 N–H and O–H groups in total. The minimum absolute atomic E-state index is 0.0184. The van der Waals surface area contributed by atoms with E-state index in [2.05, 4.69) is 4.98 Å². The number of aliphatic hydroxyl groups excluding tert-OH is 1. The molecule has 3 rings (SSSR count). The van der Waals surface area contributed by atoms with Gasteiger partial charge in [0.05, 0.1) is 27.8 Å². The number of alkyl halides is 3. The second-order valence-corrected chi connectivity index (χ2v) is 9.46. The molecule has 9 heteroatoms. The first-order chi connectivity index (χ1) is 14.3. The van der Waals surface area contributed by atoms with Gasteiger partial charge in [0.25, 0.3) is 0 Å². The van der Waals surface area contributed by atoms with Gasteiger partial charge in [-0.15, -0.1) is 34.9 Å². The lowest BCUT2D eigenvalue weighted by Crippen LogP contribution is -2.14. The third-order valence-corrected chi connectivity index (χ3v) is 7.22. The molecule has 2 aromatic heterocycles. The first-order valence-corrected chi connectivity index (χ1v) is 11.7. The van der Waals surface area contributed by atoms with Crippen LogP contribution in [-0.4, -0.2) is 27.7 Å². The summed E-state index contributed by atoms with van der Waals surface area (Å²) in [5.74, 6) is 0.514. The van der Waals surface area contributed by atoms with Crippen LogP contribution >= 0.6 is 34.9 Å². The van der Waals surface area contributed by atoms with Gasteiger partial charge in [-0.25, -0.2) is 4.98 Å². The van der Waals surface area contributed by atoms with E-state index >= 15 is 0 Å². The van der Waals surface area contributed by atoms with Crippen molar-refractivity contribution in [1.29, 1.82) is 5.26 Å². The summed E-state index contributed by atoms with van der Waals surface area (Å²) >= 11 is 3.70. The molecule has 0 amide bonds. The average molecular weight is 467 g/mol. The molecule has 0 aliphatic heterocycles. The van der Waals surface area contributed by atoms with Gasteiger partial charge in [-0.1, -0.05) is 23.8 Å². The van der Waals surface area contributed by atoms with Crippen molar-refractivity contribution in [1.82, 2.24) is 4.98 Å². The molecule has 1 unspecified atom stereocenters. The number of hydrogen-bond donors (Lipinski definition) is 1. The lowest BCUT2D eigenvalue weighted by Gasteiger charge is -2.15. The van der Waals surface area contributed by atoms with Crippen LogP contribution in [0.2, 0.25) is 0 Å². The first kappa shape index (κ1) is 22.7. The quantitative estimate of drug-likeness (QED) is 0.417. The monoisotopic (exact) mass is 466 g/mol. The van der Waals surface area contributed by atoms with E-state index in [-0.39, 0.29) is 16.5 Å². The van der Waals surface area contributed by atoms with Crippen molar-refractivity contribution < 1.29 is 18.3 Å². The van der Waals surface area contributed by atoms with Gasteiger partial charge in [-0.05, 0) is 36.6 Å². The van der Waals surface area contributed by atoms with Gasteiger partial charge in [0.15, 0.2) is 0 Å². The van der Waals surface area contributed by atoms with Crippen LogP contribution in [0.1, 0.15) is 16.7 Å². The molecule has 1 aromatic carbocycles. The number of rotatable bonds is 7. The fourth-order valence-corrected chi connectivity index (χ4v) is 5.16. The molecule has 0 radical (unpaired) electrons. The summed E-state index contributed by atoms with van der Waals surface area (Å²) < 4.78 is 40.6. The van der Waals surface area contributed by atoms with Gasteiger partial charge in [0.1, 0.15) is 11.1 Å². The maximum absolute atomic E-state index is 13.5. The number of aliphatic hydroxyl groups is 1. The zero-order valence-corrected chi connectivity index (χ0v) is 18.3. The minimum atomic E-state index is -4.67. The fourth-order valence-electron chi connectivity index (χ4n) is 2.56. The molecule has 0 aliphatic carbocycles. The van der Waals surface area contributed by atoms with Crippen LogP contribution in [0.4, 0.5) is 13.2 Å². The number of aryl methyl sites for hydroxylation is 1. The highest BCUT2D eigenvalue weighted by Crippen LogP contribution is 2.39. The smallest absolute Gasteiger partial charge is 0.391 e. The van der Waals surface area contributed by atoms with Gasteiger partial charge in [-0.3, -0.25) is 0 Å². The van der Waals surface area contributed by atoms with E-state index in [1.54, 1.807) is 23.6 Å². The van der Waals surface area contributed by atoms with E-state index in [1.165, 1.54) is 23.1 Å². The third-order valence-electron chi connectivity index (χ3n) is 4.05. The maximum atomic E-state index is 13.5. The van der Waals surface area contributed by atoms with Crippen molar-refractivity contribution in [2.24, 2.45) is 0 Å². The molecular weight excluding hydrogens is 449 g/mol. The number of benzene rings is 1. The molecule has 1 atom stereocenters. The van der Waals surface area contributed by atoms with Crippen LogP contribution in [0.15, 0.2) is 57.8 Å². The SMILES string of the molecule is Cc1ccc(SCC(O)CSc2nc(-c3cccs3)cc(C(F)(F)F)c2C#N)cc1. The van der Waals surface area contributed by atoms with Crippen LogP contribution in [0.5, 0.6) is 0 Å². The van der Waals surface area contributed by atoms with E-state index in [0.717, 1.165) is 28.3 Å². The lowest BCUT2D eigenvalue weighted by atomic mass is 10.1. The van der Waals surface area contributed by atoms with E-state index in [0.29, 0.717) is 10.6 Å². The van der Waals surface area contributed by atoms with Crippen molar-refractivity contribution in [3.8, 4) is 16.6 Å². The molecule has 2 heterocycles. The molecule has 0 spiro atoms. The molecule has 3 aromatic rings. The molecule has 30 heavy (non-hydrogen) atoms. The number of pyridine rings is 1. The molecular formula is C21H17F3N2OS3. The zero-order chi connectivity index (χ0) is 21.7. The van der Waals surface area contributed by atoms with Crippen molar-refractivity contribution in [2.75, 3.05) is 11.5 Å². The van der Waals surface area contributed by atoms with E-state index in [1.807, 2.05) is 31.2 Å². The highest BCUT2D eigenvalue weighted by Gasteiger charge is 2.36. The zero-order valence-electron chi connectivity index (χ0n) is 15.8. The summed E-state index contributed by atoms with van der Waals surface area (Å²) in [4.78, 5) is 5.88. The highest BCUT2D eigenvalue weighted by molar-refractivity contribution is 8.00. The predicted octanol–water partition coefficient (Wildman–Crippen LogP) is 6.25. The summed E-state index contributed by atoms with van der Waals surface area (Å²) in [6.45, 7) is 1.99. The summed E-state index contributed by atoms with van der Waals surface area (Å²) in [6.07, 6.45) is -5.44. The Bertz CT molecular complexity index is 1030. The molecule has 0 aliphatic rings. The summed E-state index contributed by atoms with van der Waals surface area (Å²) in [5, 5.41) is 21.4.